The van der Waals surface area contributed by atoms with Crippen LogP contribution in [0.1, 0.15) is 11.4 Å². The second-order valence-corrected chi connectivity index (χ2v) is 7.20. The zero-order valence-corrected chi connectivity index (χ0v) is 12.5. The Labute approximate surface area is 115 Å². The number of nitrogens with zero attached hydrogens (tertiary/aromatic N) is 3. The molecule has 1 aromatic heterocycles. The van der Waals surface area contributed by atoms with E-state index in [1.54, 1.807) is 20.9 Å². The number of thioether (sulfide) groups is 1. The molecular weight excluding hydrogens is 290 g/mol. The van der Waals surface area contributed by atoms with Crippen molar-refractivity contribution < 1.29 is 18.3 Å². The Morgan fingerprint density at radius 1 is 1.47 bits per heavy atom. The van der Waals surface area contributed by atoms with Crippen LogP contribution in [-0.4, -0.2) is 51.3 Å². The summed E-state index contributed by atoms with van der Waals surface area (Å²) in [7, 11) is -2.16. The van der Waals surface area contributed by atoms with Crippen LogP contribution < -0.4 is 0 Å². The molecule has 0 aliphatic carbocycles. The van der Waals surface area contributed by atoms with Gasteiger partial charge in [-0.05, 0) is 13.8 Å². The van der Waals surface area contributed by atoms with Crippen LogP contribution in [0.5, 0.6) is 0 Å². The van der Waals surface area contributed by atoms with Gasteiger partial charge in [0.05, 0.1) is 17.3 Å². The first-order valence-electron chi connectivity index (χ1n) is 5.59. The lowest BCUT2D eigenvalue weighted by Gasteiger charge is -2.20. The van der Waals surface area contributed by atoms with E-state index in [9.17, 15) is 13.2 Å². The van der Waals surface area contributed by atoms with E-state index in [0.717, 1.165) is 4.31 Å². The molecule has 2 rings (SSSR count). The number of carboxylic acids is 1. The van der Waals surface area contributed by atoms with E-state index >= 15 is 0 Å². The fraction of sp³-hybridized carbons (Fsp3) is 0.600. The van der Waals surface area contributed by atoms with Gasteiger partial charge in [0.15, 0.2) is 0 Å². The lowest BCUT2D eigenvalue weighted by atomic mass is 10.4. The topological polar surface area (TPSA) is 92.5 Å². The number of rotatable bonds is 3. The van der Waals surface area contributed by atoms with Crippen LogP contribution in [0.2, 0.25) is 0 Å². The molecule has 0 radical (unpaired) electrons. The molecule has 106 valence electrons. The molecular formula is C10H15N3O4S2. The van der Waals surface area contributed by atoms with Crippen molar-refractivity contribution in [3.05, 3.63) is 11.4 Å². The molecule has 1 aromatic rings. The zero-order valence-electron chi connectivity index (χ0n) is 10.8. The van der Waals surface area contributed by atoms with E-state index in [1.807, 2.05) is 0 Å². The van der Waals surface area contributed by atoms with E-state index in [1.165, 1.54) is 16.4 Å². The summed E-state index contributed by atoms with van der Waals surface area (Å²) >= 11 is 1.30. The molecule has 1 saturated heterocycles. The summed E-state index contributed by atoms with van der Waals surface area (Å²) < 4.78 is 27.7. The standard InChI is InChI=1S/C10H15N3O4S2/c1-6-9(7(2)12(3)11-6)19(16,17)13-5-18-4-8(13)10(14)15/h8H,4-5H2,1-3H3,(H,14,15). The van der Waals surface area contributed by atoms with Crippen LogP contribution >= 0.6 is 11.8 Å². The van der Waals surface area contributed by atoms with Crippen LogP contribution in [0.25, 0.3) is 0 Å². The van der Waals surface area contributed by atoms with Gasteiger partial charge in [-0.25, -0.2) is 8.42 Å². The number of sulfonamides is 1. The van der Waals surface area contributed by atoms with Gasteiger partial charge in [0.1, 0.15) is 10.9 Å². The van der Waals surface area contributed by atoms with Crippen molar-refractivity contribution in [2.45, 2.75) is 24.8 Å². The maximum atomic E-state index is 12.6. The smallest absolute Gasteiger partial charge is 0.322 e. The number of carbonyl (C=O) groups is 1. The monoisotopic (exact) mass is 305 g/mol. The van der Waals surface area contributed by atoms with Crippen LogP contribution in [0, 0.1) is 13.8 Å². The molecule has 9 heteroatoms. The summed E-state index contributed by atoms with van der Waals surface area (Å²) in [4.78, 5) is 11.2. The Kier molecular flexibility index (Phi) is 3.63. The highest BCUT2D eigenvalue weighted by Gasteiger charge is 2.42. The van der Waals surface area contributed by atoms with Gasteiger partial charge in [0, 0.05) is 12.8 Å². The first kappa shape index (κ1) is 14.4. The number of carboxylic acid groups (broad SMARTS) is 1. The Balaban J connectivity index is 2.51. The van der Waals surface area contributed by atoms with Crippen LogP contribution in [0.3, 0.4) is 0 Å². The number of aliphatic carboxylic acids is 1. The summed E-state index contributed by atoms with van der Waals surface area (Å²) in [5.74, 6) is -0.687. The first-order chi connectivity index (χ1) is 8.76. The second-order valence-electron chi connectivity index (χ2n) is 4.37. The van der Waals surface area contributed by atoms with Crippen molar-refractivity contribution in [3.8, 4) is 0 Å². The molecule has 0 amide bonds. The highest BCUT2D eigenvalue weighted by atomic mass is 32.2. The van der Waals surface area contributed by atoms with Gasteiger partial charge in [0.25, 0.3) is 0 Å². The average molecular weight is 305 g/mol. The Morgan fingerprint density at radius 2 is 2.11 bits per heavy atom. The van der Waals surface area contributed by atoms with Gasteiger partial charge < -0.3 is 5.11 Å². The molecule has 7 nitrogen and oxygen atoms in total. The van der Waals surface area contributed by atoms with E-state index < -0.39 is 22.0 Å². The maximum absolute atomic E-state index is 12.6. The highest BCUT2D eigenvalue weighted by Crippen LogP contribution is 2.31. The molecule has 1 N–H and O–H groups in total. The number of aromatic nitrogens is 2. The maximum Gasteiger partial charge on any atom is 0.322 e. The predicted octanol–water partition coefficient (Wildman–Crippen LogP) is 0.185. The van der Waals surface area contributed by atoms with Crippen LogP contribution in [0.4, 0.5) is 0 Å². The number of aryl methyl sites for hydroxylation is 2. The van der Waals surface area contributed by atoms with E-state index in [0.29, 0.717) is 11.4 Å². The Morgan fingerprint density at radius 3 is 2.58 bits per heavy atom. The fourth-order valence-corrected chi connectivity index (χ4v) is 5.64. The summed E-state index contributed by atoms with van der Waals surface area (Å²) in [5.41, 5.74) is 0.902. The Hall–Kier alpha value is -1.06. The van der Waals surface area contributed by atoms with Crippen molar-refractivity contribution in [2.75, 3.05) is 11.6 Å². The molecule has 1 atom stereocenters. The molecule has 1 unspecified atom stereocenters. The van der Waals surface area contributed by atoms with Crippen molar-refractivity contribution in [2.24, 2.45) is 7.05 Å². The average Bonchev–Trinajstić information content (AvgIpc) is 2.85. The quantitative estimate of drug-likeness (QED) is 0.856. The van der Waals surface area contributed by atoms with Crippen LogP contribution in [-0.2, 0) is 21.9 Å². The molecule has 0 bridgehead atoms. The lowest BCUT2D eigenvalue weighted by molar-refractivity contribution is -0.140. The van der Waals surface area contributed by atoms with E-state index in [2.05, 4.69) is 5.10 Å². The largest absolute Gasteiger partial charge is 0.480 e. The van der Waals surface area contributed by atoms with Gasteiger partial charge in [-0.15, -0.1) is 11.8 Å². The van der Waals surface area contributed by atoms with Gasteiger partial charge in [0.2, 0.25) is 10.0 Å². The third-order valence-corrected chi connectivity index (χ3v) is 6.42. The number of hydrogen-bond acceptors (Lipinski definition) is 5. The summed E-state index contributed by atoms with van der Waals surface area (Å²) in [6.07, 6.45) is 0. The molecule has 1 fully saturated rings. The molecule has 0 aromatic carbocycles. The minimum absolute atomic E-state index is 0.115. The molecule has 1 aliphatic rings. The van der Waals surface area contributed by atoms with Gasteiger partial charge in [-0.2, -0.15) is 9.40 Å². The van der Waals surface area contributed by atoms with E-state index in [4.69, 9.17) is 5.11 Å². The van der Waals surface area contributed by atoms with Crippen molar-refractivity contribution in [1.82, 2.24) is 14.1 Å². The SMILES string of the molecule is Cc1nn(C)c(C)c1S(=O)(=O)N1CSCC1C(=O)O. The Bertz CT molecular complexity index is 623. The lowest BCUT2D eigenvalue weighted by Crippen LogP contribution is -2.42. The summed E-state index contributed by atoms with van der Waals surface area (Å²) in [6.45, 7) is 3.27. The molecule has 0 saturated carbocycles. The van der Waals surface area contributed by atoms with Gasteiger partial charge in [-0.1, -0.05) is 0 Å². The molecule has 1 aliphatic heterocycles. The van der Waals surface area contributed by atoms with Gasteiger partial charge >= 0.3 is 5.97 Å². The van der Waals surface area contributed by atoms with E-state index in [-0.39, 0.29) is 16.5 Å². The summed E-state index contributed by atoms with van der Waals surface area (Å²) in [5, 5.41) is 13.2. The second kappa shape index (κ2) is 4.80. The molecule has 2 heterocycles. The zero-order chi connectivity index (χ0) is 14.4. The van der Waals surface area contributed by atoms with Crippen LogP contribution in [0.15, 0.2) is 4.90 Å². The minimum Gasteiger partial charge on any atom is -0.480 e. The third kappa shape index (κ3) is 2.26. The molecule has 0 spiro atoms. The fourth-order valence-electron chi connectivity index (χ4n) is 2.10. The number of hydrogen-bond donors (Lipinski definition) is 1. The minimum atomic E-state index is -3.83. The normalized spacial score (nSPS) is 20.9. The third-order valence-electron chi connectivity index (χ3n) is 3.14. The van der Waals surface area contributed by atoms with Crippen molar-refractivity contribution >= 4 is 27.8 Å². The highest BCUT2D eigenvalue weighted by molar-refractivity contribution is 8.00. The van der Waals surface area contributed by atoms with Crippen molar-refractivity contribution in [1.29, 1.82) is 0 Å². The summed E-state index contributed by atoms with van der Waals surface area (Å²) in [6, 6.07) is -1.01. The predicted molar refractivity (Wildman–Crippen MR) is 70.5 cm³/mol. The van der Waals surface area contributed by atoms with Gasteiger partial charge in [-0.3, -0.25) is 9.48 Å². The van der Waals surface area contributed by atoms with Crippen molar-refractivity contribution in [3.63, 3.8) is 0 Å². The first-order valence-corrected chi connectivity index (χ1v) is 8.19. The molecule has 19 heavy (non-hydrogen) atoms.